The fraction of sp³-hybridized carbons (Fsp3) is 0.650. The van der Waals surface area contributed by atoms with E-state index in [1.165, 1.54) is 19.1 Å². The molecule has 60 heavy (non-hydrogen) atoms. The lowest BCUT2D eigenvalue weighted by atomic mass is 9.66. The summed E-state index contributed by atoms with van der Waals surface area (Å²) >= 11 is 0. The summed E-state index contributed by atoms with van der Waals surface area (Å²) < 4.78 is 98.8. The number of alkyl halides is 4. The Hall–Kier alpha value is -4.59. The maximum atomic E-state index is 15.6. The number of halogens is 4. The summed E-state index contributed by atoms with van der Waals surface area (Å²) in [5.41, 5.74) is -4.11. The molecule has 0 spiro atoms. The number of nitrogens with one attached hydrogen (secondary N) is 3. The van der Waals surface area contributed by atoms with Crippen LogP contribution in [0.15, 0.2) is 36.4 Å². The highest BCUT2D eigenvalue weighted by Gasteiger charge is 2.61. The summed E-state index contributed by atoms with van der Waals surface area (Å²) in [6.07, 6.45) is -2.76. The average molecular weight is 875 g/mol. The summed E-state index contributed by atoms with van der Waals surface area (Å²) in [6, 6.07) is 3.12. The number of ether oxygens (including phenoxy) is 2. The number of alkyl carbamates (subject to hydrolysis) is 1. The van der Waals surface area contributed by atoms with E-state index in [9.17, 15) is 41.5 Å². The SMILES string of the molecule is C[C@@H]1CCC[C@H]1OC(=O)N[C@H](C(=O)N1C[C@H](Oc2nc3ccccc3nc2C(F)(F)/C=C/CO)C[C@H]1C(=O)N[C@]1(C(=O)NS(=O)(=O)C2(C)CC2)CC[C@H]1C(F)F)C(C)(C)C.[HH].[HH].[HH]. The van der Waals surface area contributed by atoms with Crippen LogP contribution in [0.5, 0.6) is 5.88 Å². The molecule has 1 saturated heterocycles. The number of carbonyl (C=O) groups excluding carboxylic acids is 4. The van der Waals surface area contributed by atoms with Gasteiger partial charge in [0.05, 0.1) is 34.8 Å². The molecule has 336 valence electrons. The molecule has 1 aromatic carbocycles. The number of aromatic nitrogens is 2. The molecule has 6 rings (SSSR count). The lowest BCUT2D eigenvalue weighted by molar-refractivity contribution is -0.151. The van der Waals surface area contributed by atoms with E-state index in [-0.39, 0.29) is 46.9 Å². The van der Waals surface area contributed by atoms with Gasteiger partial charge in [-0.3, -0.25) is 19.1 Å². The van der Waals surface area contributed by atoms with Gasteiger partial charge in [-0.15, -0.1) is 0 Å². The fourth-order valence-electron chi connectivity index (χ4n) is 8.00. The number of carbonyl (C=O) groups is 4. The summed E-state index contributed by atoms with van der Waals surface area (Å²) in [7, 11) is -4.33. The van der Waals surface area contributed by atoms with Crippen molar-refractivity contribution < 1.29 is 64.0 Å². The monoisotopic (exact) mass is 874 g/mol. The zero-order chi connectivity index (χ0) is 44.0. The largest absolute Gasteiger partial charge is 0.471 e. The van der Waals surface area contributed by atoms with Gasteiger partial charge in [-0.25, -0.2) is 32.0 Å². The lowest BCUT2D eigenvalue weighted by Crippen LogP contribution is -2.72. The Morgan fingerprint density at radius 3 is 2.28 bits per heavy atom. The van der Waals surface area contributed by atoms with Gasteiger partial charge < -0.3 is 30.1 Å². The van der Waals surface area contributed by atoms with Gasteiger partial charge in [0.1, 0.15) is 29.8 Å². The molecule has 4 N–H and O–H groups in total. The van der Waals surface area contributed by atoms with Crippen molar-refractivity contribution >= 4 is 44.9 Å². The van der Waals surface area contributed by atoms with E-state index in [1.54, 1.807) is 32.9 Å². The molecule has 0 radical (unpaired) electrons. The molecule has 20 heteroatoms. The van der Waals surface area contributed by atoms with Gasteiger partial charge >= 0.3 is 12.0 Å². The summed E-state index contributed by atoms with van der Waals surface area (Å²) in [6.45, 7) is 7.09. The first-order valence-corrected chi connectivity index (χ1v) is 21.5. The second-order valence-electron chi connectivity index (χ2n) is 17.7. The van der Waals surface area contributed by atoms with Gasteiger partial charge in [-0.1, -0.05) is 45.9 Å². The minimum absolute atomic E-state index is 0. The molecule has 1 aliphatic heterocycles. The van der Waals surface area contributed by atoms with Crippen LogP contribution in [0.3, 0.4) is 0 Å². The Kier molecular flexibility index (Phi) is 12.5. The van der Waals surface area contributed by atoms with Crippen molar-refractivity contribution in [3.8, 4) is 5.88 Å². The van der Waals surface area contributed by atoms with E-state index in [0.717, 1.165) is 23.8 Å². The van der Waals surface area contributed by atoms with E-state index in [1.807, 2.05) is 11.6 Å². The van der Waals surface area contributed by atoms with E-state index >= 15 is 8.78 Å². The third-order valence-electron chi connectivity index (χ3n) is 12.2. The van der Waals surface area contributed by atoms with Crippen molar-refractivity contribution in [2.75, 3.05) is 13.2 Å². The molecule has 3 saturated carbocycles. The van der Waals surface area contributed by atoms with E-state index in [2.05, 4.69) is 20.6 Å². The van der Waals surface area contributed by atoms with Crippen molar-refractivity contribution in [1.82, 2.24) is 30.2 Å². The maximum absolute atomic E-state index is 15.6. The van der Waals surface area contributed by atoms with Crippen LogP contribution >= 0.6 is 0 Å². The Bertz CT molecular complexity index is 2150. The Labute approximate surface area is 349 Å². The van der Waals surface area contributed by atoms with Gasteiger partial charge in [0, 0.05) is 10.7 Å². The minimum Gasteiger partial charge on any atom is -0.471 e. The normalized spacial score (nSPS) is 27.1. The van der Waals surface area contributed by atoms with Crippen LogP contribution in [-0.4, -0.2) is 106 Å². The molecule has 0 unspecified atom stereocenters. The van der Waals surface area contributed by atoms with Crippen molar-refractivity contribution in [2.24, 2.45) is 17.3 Å². The number of hydrogen-bond donors (Lipinski definition) is 4. The predicted molar refractivity (Wildman–Crippen MR) is 214 cm³/mol. The van der Waals surface area contributed by atoms with Crippen LogP contribution in [0.2, 0.25) is 0 Å². The van der Waals surface area contributed by atoms with Crippen LogP contribution in [0.25, 0.3) is 11.0 Å². The van der Waals surface area contributed by atoms with Crippen molar-refractivity contribution in [3.05, 3.63) is 42.1 Å². The first kappa shape index (κ1) is 44.9. The van der Waals surface area contributed by atoms with E-state index in [4.69, 9.17) is 9.47 Å². The highest BCUT2D eigenvalue weighted by atomic mass is 32.2. The number of fused-ring (bicyclic) bond motifs is 1. The third-order valence-corrected chi connectivity index (χ3v) is 14.4. The quantitative estimate of drug-likeness (QED) is 0.143. The fourth-order valence-corrected chi connectivity index (χ4v) is 9.32. The molecule has 4 amide bonds. The lowest BCUT2D eigenvalue weighted by Gasteiger charge is -2.48. The molecule has 4 fully saturated rings. The molecule has 3 aliphatic carbocycles. The molecule has 0 bridgehead atoms. The van der Waals surface area contributed by atoms with Crippen LogP contribution in [0, 0.1) is 17.3 Å². The van der Waals surface area contributed by atoms with Crippen molar-refractivity contribution in [1.29, 1.82) is 0 Å². The third kappa shape index (κ3) is 9.04. The second-order valence-corrected chi connectivity index (χ2v) is 19.9. The van der Waals surface area contributed by atoms with Crippen LogP contribution < -0.4 is 20.1 Å². The smallest absolute Gasteiger partial charge is 0.408 e. The number of sulfonamides is 1. The highest BCUT2D eigenvalue weighted by molar-refractivity contribution is 7.91. The maximum Gasteiger partial charge on any atom is 0.408 e. The Balaban J connectivity index is 0.00000352. The molecule has 2 heterocycles. The number of aliphatic hydroxyl groups is 1. The van der Waals surface area contributed by atoms with Gasteiger partial charge in [0.15, 0.2) is 5.69 Å². The molecule has 4 aliphatic rings. The van der Waals surface area contributed by atoms with E-state index in [0.29, 0.717) is 12.5 Å². The van der Waals surface area contributed by atoms with Crippen LogP contribution in [0.1, 0.15) is 96.0 Å². The van der Waals surface area contributed by atoms with Gasteiger partial charge in [0.25, 0.3) is 5.91 Å². The van der Waals surface area contributed by atoms with Gasteiger partial charge in [0.2, 0.25) is 34.1 Å². The number of allylic oxidation sites excluding steroid dienone is 1. The summed E-state index contributed by atoms with van der Waals surface area (Å²) in [5.74, 6) is -9.52. The Morgan fingerprint density at radius 2 is 1.73 bits per heavy atom. The second kappa shape index (κ2) is 16.7. The number of likely N-dealkylation sites (tertiary alicyclic amines) is 1. The number of aliphatic hydroxyl groups excluding tert-OH is 1. The van der Waals surface area contributed by atoms with Crippen molar-refractivity contribution in [3.63, 3.8) is 0 Å². The first-order valence-electron chi connectivity index (χ1n) is 20.1. The molecule has 7 atom stereocenters. The number of nitrogens with zero attached hydrogens (tertiary/aromatic N) is 3. The topological polar surface area (TPSA) is 206 Å². The standard InChI is InChI=1S/C40H52F4N6O9S.3H2/c1-22-10-8-13-28(22)59-36(55)47-30(37(2,3)4)34(53)50-21-23(58-33-29(40(43,44)15-9-19-51)45-25-11-6-7-12-26(25)46-33)20-27(50)32(52)48-39(16-14-24(39)31(41)42)35(54)49-60(56,57)38(5)17-18-38;;;/h6-7,9,11-12,15,22-24,27-28,30-31,51H,8,10,13-14,16-21H2,1-5H3,(H,47,55)(H,48,52)(H,49,54);3*1H/b15-9+;;;/t22-,23-,24+,27+,28-,30-,39-;;;/m1.../s1. The van der Waals surface area contributed by atoms with Gasteiger partial charge in [-0.2, -0.15) is 8.78 Å². The number of rotatable bonds is 14. The zero-order valence-electron chi connectivity index (χ0n) is 34.1. The molecule has 1 aromatic heterocycles. The molecule has 2 aromatic rings. The number of benzene rings is 1. The molecular formula is C40H58F4N6O9S. The predicted octanol–water partition coefficient (Wildman–Crippen LogP) is 5.21. The number of amides is 4. The van der Waals surface area contributed by atoms with E-state index < -0.39 is 123 Å². The van der Waals surface area contributed by atoms with Crippen LogP contribution in [-0.2, 0) is 35.1 Å². The Morgan fingerprint density at radius 1 is 1.07 bits per heavy atom. The van der Waals surface area contributed by atoms with Crippen molar-refractivity contribution in [2.45, 2.75) is 133 Å². The minimum atomic E-state index is -4.33. The van der Waals surface area contributed by atoms with Gasteiger partial charge in [-0.05, 0) is 81.4 Å². The number of para-hydroxylation sites is 2. The number of hydrogen-bond acceptors (Lipinski definition) is 11. The summed E-state index contributed by atoms with van der Waals surface area (Å²) in [5, 5.41) is 14.2. The average Bonchev–Trinajstić information content (AvgIpc) is 3.59. The first-order chi connectivity index (χ1) is 28.0. The molecular weight excluding hydrogens is 817 g/mol. The van der Waals surface area contributed by atoms with Crippen LogP contribution in [0.4, 0.5) is 22.4 Å². The zero-order valence-corrected chi connectivity index (χ0v) is 34.9. The molecule has 15 nitrogen and oxygen atoms in total. The highest BCUT2D eigenvalue weighted by Crippen LogP contribution is 2.46. The summed E-state index contributed by atoms with van der Waals surface area (Å²) in [4.78, 5) is 65.6.